The minimum Gasteiger partial charge on any atom is -0.396 e. The summed E-state index contributed by atoms with van der Waals surface area (Å²) in [6.07, 6.45) is 1.47. The van der Waals surface area contributed by atoms with Crippen LogP contribution in [0.2, 0.25) is 0 Å². The molecule has 6 nitrogen and oxygen atoms in total. The fourth-order valence-electron chi connectivity index (χ4n) is 2.79. The van der Waals surface area contributed by atoms with Crippen LogP contribution in [0.1, 0.15) is 24.3 Å². The molecule has 1 aliphatic rings. The molecular formula is C17H20FN3O3. The predicted octanol–water partition coefficient (Wildman–Crippen LogP) is 1.96. The van der Waals surface area contributed by atoms with E-state index in [0.717, 1.165) is 6.42 Å². The molecule has 1 aliphatic heterocycles. The van der Waals surface area contributed by atoms with Crippen molar-refractivity contribution >= 4 is 5.91 Å². The number of hydrogen-bond donors (Lipinski definition) is 1. The average molecular weight is 333 g/mol. The Hall–Kier alpha value is -2.28. The molecule has 1 aromatic carbocycles. The summed E-state index contributed by atoms with van der Waals surface area (Å²) in [4.78, 5) is 18.1. The molecule has 2 aromatic rings. The second-order valence-corrected chi connectivity index (χ2v) is 6.15. The Morgan fingerprint density at radius 1 is 1.50 bits per heavy atom. The van der Waals surface area contributed by atoms with Crippen molar-refractivity contribution in [3.05, 3.63) is 35.5 Å². The minimum atomic E-state index is -0.318. The van der Waals surface area contributed by atoms with E-state index in [1.807, 2.05) is 0 Å². The van der Waals surface area contributed by atoms with E-state index in [9.17, 15) is 9.18 Å². The van der Waals surface area contributed by atoms with E-state index in [1.54, 1.807) is 24.0 Å². The standard InChI is InChI=1S/C17H20FN3O3/c1-11-2-3-13(8-14(11)18)17-19-15(24-20-17)4-5-16(23)21-7-6-12(9-21)10-22/h2-3,8,12,22H,4-7,9-10H2,1H3. The molecule has 1 N–H and O–H groups in total. The van der Waals surface area contributed by atoms with Gasteiger partial charge in [0.05, 0.1) is 0 Å². The first kappa shape index (κ1) is 16.6. The SMILES string of the molecule is Cc1ccc(-c2noc(CCC(=O)N3CCC(CO)C3)n2)cc1F. The van der Waals surface area contributed by atoms with Crippen LogP contribution in [0, 0.1) is 18.7 Å². The largest absolute Gasteiger partial charge is 0.396 e. The van der Waals surface area contributed by atoms with Crippen LogP contribution in [0.3, 0.4) is 0 Å². The number of carbonyl (C=O) groups excluding carboxylic acids is 1. The van der Waals surface area contributed by atoms with Gasteiger partial charge in [0.1, 0.15) is 5.82 Å². The van der Waals surface area contributed by atoms with E-state index in [4.69, 9.17) is 9.63 Å². The number of rotatable bonds is 5. The number of carbonyl (C=O) groups is 1. The number of aliphatic hydroxyl groups excluding tert-OH is 1. The molecule has 3 rings (SSSR count). The number of nitrogens with zero attached hydrogens (tertiary/aromatic N) is 3. The lowest BCUT2D eigenvalue weighted by Gasteiger charge is -2.15. The Morgan fingerprint density at radius 2 is 2.33 bits per heavy atom. The summed E-state index contributed by atoms with van der Waals surface area (Å²) >= 11 is 0. The van der Waals surface area contributed by atoms with Gasteiger partial charge in [0.2, 0.25) is 17.6 Å². The van der Waals surface area contributed by atoms with Crippen LogP contribution in [0.25, 0.3) is 11.4 Å². The third-order valence-corrected chi connectivity index (χ3v) is 4.35. The van der Waals surface area contributed by atoms with Gasteiger partial charge in [-0.25, -0.2) is 4.39 Å². The Bertz CT molecular complexity index is 732. The normalized spacial score (nSPS) is 17.5. The maximum atomic E-state index is 13.6. The summed E-state index contributed by atoms with van der Waals surface area (Å²) in [7, 11) is 0. The van der Waals surface area contributed by atoms with Crippen LogP contribution in [-0.2, 0) is 11.2 Å². The molecule has 7 heteroatoms. The number of amides is 1. The topological polar surface area (TPSA) is 79.5 Å². The van der Waals surface area contributed by atoms with Crippen LogP contribution in [0.5, 0.6) is 0 Å². The first-order valence-electron chi connectivity index (χ1n) is 8.04. The van der Waals surface area contributed by atoms with E-state index in [0.29, 0.717) is 42.4 Å². The summed E-state index contributed by atoms with van der Waals surface area (Å²) in [5, 5.41) is 13.0. The number of hydrogen-bond acceptors (Lipinski definition) is 5. The fraction of sp³-hybridized carbons (Fsp3) is 0.471. The molecule has 2 heterocycles. The lowest BCUT2D eigenvalue weighted by atomic mass is 10.1. The Morgan fingerprint density at radius 3 is 3.04 bits per heavy atom. The zero-order valence-electron chi connectivity index (χ0n) is 13.5. The third kappa shape index (κ3) is 3.62. The van der Waals surface area contributed by atoms with Gasteiger partial charge >= 0.3 is 0 Å². The van der Waals surface area contributed by atoms with Crippen molar-refractivity contribution in [2.24, 2.45) is 5.92 Å². The summed E-state index contributed by atoms with van der Waals surface area (Å²) in [5.74, 6) is 0.559. The van der Waals surface area contributed by atoms with Crippen molar-refractivity contribution in [3.8, 4) is 11.4 Å². The summed E-state index contributed by atoms with van der Waals surface area (Å²) < 4.78 is 18.8. The van der Waals surface area contributed by atoms with Gasteiger partial charge in [0, 0.05) is 44.0 Å². The van der Waals surface area contributed by atoms with Gasteiger partial charge in [-0.3, -0.25) is 4.79 Å². The number of aliphatic hydroxyl groups is 1. The molecule has 1 fully saturated rings. The smallest absolute Gasteiger partial charge is 0.227 e. The summed E-state index contributed by atoms with van der Waals surface area (Å²) in [6.45, 7) is 3.09. The quantitative estimate of drug-likeness (QED) is 0.905. The van der Waals surface area contributed by atoms with Gasteiger partial charge in [-0.15, -0.1) is 0 Å². The van der Waals surface area contributed by atoms with E-state index in [1.165, 1.54) is 6.07 Å². The Kier molecular flexibility index (Phi) is 4.89. The maximum absolute atomic E-state index is 13.6. The van der Waals surface area contributed by atoms with E-state index in [2.05, 4.69) is 10.1 Å². The highest BCUT2D eigenvalue weighted by atomic mass is 19.1. The molecule has 1 aromatic heterocycles. The monoisotopic (exact) mass is 333 g/mol. The lowest BCUT2D eigenvalue weighted by molar-refractivity contribution is -0.130. The number of aryl methyl sites for hydroxylation is 2. The molecule has 0 saturated carbocycles. The number of likely N-dealkylation sites (tertiary alicyclic amines) is 1. The van der Waals surface area contributed by atoms with E-state index >= 15 is 0 Å². The molecule has 0 bridgehead atoms. The predicted molar refractivity (Wildman–Crippen MR) is 84.5 cm³/mol. The van der Waals surface area contributed by atoms with Crippen LogP contribution >= 0.6 is 0 Å². The summed E-state index contributed by atoms with van der Waals surface area (Å²) in [6, 6.07) is 4.76. The highest BCUT2D eigenvalue weighted by Crippen LogP contribution is 2.20. The van der Waals surface area contributed by atoms with Gasteiger partial charge in [-0.1, -0.05) is 17.3 Å². The fourth-order valence-corrected chi connectivity index (χ4v) is 2.79. The highest BCUT2D eigenvalue weighted by Gasteiger charge is 2.25. The van der Waals surface area contributed by atoms with Crippen LogP contribution in [0.4, 0.5) is 4.39 Å². The first-order valence-corrected chi connectivity index (χ1v) is 8.04. The molecular weight excluding hydrogens is 313 g/mol. The van der Waals surface area contributed by atoms with Crippen molar-refractivity contribution < 1.29 is 18.8 Å². The molecule has 128 valence electrons. The Balaban J connectivity index is 1.58. The molecule has 1 saturated heterocycles. The number of benzene rings is 1. The Labute approximate surface area is 139 Å². The highest BCUT2D eigenvalue weighted by molar-refractivity contribution is 5.76. The molecule has 0 spiro atoms. The molecule has 1 atom stereocenters. The van der Waals surface area contributed by atoms with Crippen molar-refractivity contribution in [3.63, 3.8) is 0 Å². The molecule has 24 heavy (non-hydrogen) atoms. The molecule has 0 radical (unpaired) electrons. The zero-order chi connectivity index (χ0) is 17.1. The van der Waals surface area contributed by atoms with Crippen LogP contribution < -0.4 is 0 Å². The van der Waals surface area contributed by atoms with Crippen molar-refractivity contribution in [2.45, 2.75) is 26.2 Å². The second-order valence-electron chi connectivity index (χ2n) is 6.15. The number of halogens is 1. The molecule has 0 aliphatic carbocycles. The average Bonchev–Trinajstić information content (AvgIpc) is 3.24. The van der Waals surface area contributed by atoms with Crippen molar-refractivity contribution in [1.29, 1.82) is 0 Å². The van der Waals surface area contributed by atoms with Gasteiger partial charge in [0.25, 0.3) is 0 Å². The van der Waals surface area contributed by atoms with Gasteiger partial charge in [0.15, 0.2) is 0 Å². The van der Waals surface area contributed by atoms with Gasteiger partial charge in [-0.05, 0) is 25.0 Å². The van der Waals surface area contributed by atoms with Crippen LogP contribution in [0.15, 0.2) is 22.7 Å². The van der Waals surface area contributed by atoms with Crippen molar-refractivity contribution in [1.82, 2.24) is 15.0 Å². The zero-order valence-corrected chi connectivity index (χ0v) is 13.5. The number of aromatic nitrogens is 2. The molecule has 1 amide bonds. The lowest BCUT2D eigenvalue weighted by Crippen LogP contribution is -2.29. The van der Waals surface area contributed by atoms with E-state index in [-0.39, 0.29) is 30.7 Å². The van der Waals surface area contributed by atoms with Crippen molar-refractivity contribution in [2.75, 3.05) is 19.7 Å². The second kappa shape index (κ2) is 7.09. The third-order valence-electron chi connectivity index (χ3n) is 4.35. The molecule has 1 unspecified atom stereocenters. The van der Waals surface area contributed by atoms with Gasteiger partial charge < -0.3 is 14.5 Å². The van der Waals surface area contributed by atoms with E-state index < -0.39 is 0 Å². The first-order chi connectivity index (χ1) is 11.6. The van der Waals surface area contributed by atoms with Crippen LogP contribution in [-0.4, -0.2) is 45.8 Å². The maximum Gasteiger partial charge on any atom is 0.227 e. The minimum absolute atomic E-state index is 0.0204. The summed E-state index contributed by atoms with van der Waals surface area (Å²) in [5.41, 5.74) is 1.10. The van der Waals surface area contributed by atoms with Gasteiger partial charge in [-0.2, -0.15) is 4.98 Å².